The van der Waals surface area contributed by atoms with Crippen LogP contribution in [0.1, 0.15) is 31.5 Å². The molecule has 0 aliphatic carbocycles. The number of nitrogens with zero attached hydrogens (tertiary/aromatic N) is 1. The van der Waals surface area contributed by atoms with Crippen LogP contribution < -0.4 is 5.32 Å². The highest BCUT2D eigenvalue weighted by Gasteiger charge is 2.03. The van der Waals surface area contributed by atoms with Crippen LogP contribution in [0.2, 0.25) is 0 Å². The molecular formula is C16H21N3O2. The normalized spacial score (nSPS) is 10.5. The number of rotatable bonds is 8. The van der Waals surface area contributed by atoms with Gasteiger partial charge in [-0.3, -0.25) is 0 Å². The van der Waals surface area contributed by atoms with Crippen molar-refractivity contribution in [3.05, 3.63) is 42.4 Å². The predicted molar refractivity (Wildman–Crippen MR) is 82.2 cm³/mol. The third-order valence-corrected chi connectivity index (χ3v) is 3.32. The summed E-state index contributed by atoms with van der Waals surface area (Å²) in [4.78, 5) is 18.1. The summed E-state index contributed by atoms with van der Waals surface area (Å²) >= 11 is 0. The molecule has 0 aliphatic heterocycles. The Morgan fingerprint density at radius 1 is 1.14 bits per heavy atom. The minimum absolute atomic E-state index is 0.536. The average Bonchev–Trinajstić information content (AvgIpc) is 2.96. The molecule has 112 valence electrons. The summed E-state index contributed by atoms with van der Waals surface area (Å²) in [6, 6.07) is 10.1. The number of carbonyl (C=O) groups is 1. The molecule has 0 fully saturated rings. The van der Waals surface area contributed by atoms with Crippen LogP contribution in [-0.4, -0.2) is 27.7 Å². The van der Waals surface area contributed by atoms with Crippen LogP contribution in [0.3, 0.4) is 0 Å². The highest BCUT2D eigenvalue weighted by atomic mass is 16.4. The molecule has 1 amide bonds. The fraction of sp³-hybridized carbons (Fsp3) is 0.375. The summed E-state index contributed by atoms with van der Waals surface area (Å²) in [6.45, 7) is 0.536. The first-order valence-corrected chi connectivity index (χ1v) is 7.32. The molecule has 0 unspecified atom stereocenters. The van der Waals surface area contributed by atoms with Crippen molar-refractivity contribution < 1.29 is 9.90 Å². The van der Waals surface area contributed by atoms with Gasteiger partial charge in [0.25, 0.3) is 0 Å². The fourth-order valence-corrected chi connectivity index (χ4v) is 2.21. The first kappa shape index (κ1) is 15.1. The maximum absolute atomic E-state index is 10.3. The van der Waals surface area contributed by atoms with Gasteiger partial charge in [0.1, 0.15) is 5.82 Å². The van der Waals surface area contributed by atoms with Gasteiger partial charge in [0, 0.05) is 24.7 Å². The SMILES string of the molecule is O=C(O)NCCCCCCc1nc(-c2ccccc2)c[nH]1. The number of imidazole rings is 1. The lowest BCUT2D eigenvalue weighted by Gasteiger charge is -2.01. The van der Waals surface area contributed by atoms with E-state index in [0.717, 1.165) is 49.2 Å². The number of benzene rings is 1. The van der Waals surface area contributed by atoms with E-state index in [1.54, 1.807) is 0 Å². The second kappa shape index (κ2) is 8.09. The van der Waals surface area contributed by atoms with Gasteiger partial charge in [-0.1, -0.05) is 43.2 Å². The highest BCUT2D eigenvalue weighted by Crippen LogP contribution is 2.16. The summed E-state index contributed by atoms with van der Waals surface area (Å²) in [6.07, 6.45) is 6.00. The van der Waals surface area contributed by atoms with Gasteiger partial charge < -0.3 is 15.4 Å². The molecular weight excluding hydrogens is 266 g/mol. The van der Waals surface area contributed by atoms with Crippen molar-refractivity contribution >= 4 is 6.09 Å². The lowest BCUT2D eigenvalue weighted by atomic mass is 10.1. The molecule has 0 saturated carbocycles. The molecule has 0 saturated heterocycles. The zero-order valence-electron chi connectivity index (χ0n) is 12.0. The van der Waals surface area contributed by atoms with E-state index in [1.165, 1.54) is 0 Å². The molecule has 0 bridgehead atoms. The Balaban J connectivity index is 1.66. The van der Waals surface area contributed by atoms with Crippen LogP contribution in [0.4, 0.5) is 4.79 Å². The molecule has 1 heterocycles. The number of hydrogen-bond acceptors (Lipinski definition) is 2. The lowest BCUT2D eigenvalue weighted by molar-refractivity contribution is 0.194. The molecule has 1 aromatic heterocycles. The first-order chi connectivity index (χ1) is 10.3. The average molecular weight is 287 g/mol. The van der Waals surface area contributed by atoms with Gasteiger partial charge in [-0.25, -0.2) is 9.78 Å². The van der Waals surface area contributed by atoms with Crippen molar-refractivity contribution in [2.45, 2.75) is 32.1 Å². The van der Waals surface area contributed by atoms with Crippen LogP contribution in [-0.2, 0) is 6.42 Å². The summed E-state index contributed by atoms with van der Waals surface area (Å²) in [5, 5.41) is 10.8. The van der Waals surface area contributed by atoms with Gasteiger partial charge in [-0.05, 0) is 12.8 Å². The fourth-order valence-electron chi connectivity index (χ4n) is 2.21. The summed E-state index contributed by atoms with van der Waals surface area (Å²) in [7, 11) is 0. The molecule has 3 N–H and O–H groups in total. The molecule has 0 atom stereocenters. The lowest BCUT2D eigenvalue weighted by Crippen LogP contribution is -2.21. The maximum Gasteiger partial charge on any atom is 0.404 e. The second-order valence-corrected chi connectivity index (χ2v) is 4.99. The number of aromatic nitrogens is 2. The quantitative estimate of drug-likeness (QED) is 0.651. The number of aryl methyl sites for hydroxylation is 1. The van der Waals surface area contributed by atoms with Crippen molar-refractivity contribution in [2.24, 2.45) is 0 Å². The second-order valence-electron chi connectivity index (χ2n) is 4.99. The number of carboxylic acid groups (broad SMARTS) is 1. The number of nitrogens with one attached hydrogen (secondary N) is 2. The minimum atomic E-state index is -0.945. The molecule has 2 rings (SSSR count). The highest BCUT2D eigenvalue weighted by molar-refractivity contribution is 5.64. The van der Waals surface area contributed by atoms with Crippen LogP contribution >= 0.6 is 0 Å². The van der Waals surface area contributed by atoms with Gasteiger partial charge >= 0.3 is 6.09 Å². The maximum atomic E-state index is 10.3. The van der Waals surface area contributed by atoms with E-state index in [9.17, 15) is 4.79 Å². The minimum Gasteiger partial charge on any atom is -0.465 e. The van der Waals surface area contributed by atoms with E-state index in [2.05, 4.69) is 27.4 Å². The van der Waals surface area contributed by atoms with Crippen molar-refractivity contribution in [1.82, 2.24) is 15.3 Å². The first-order valence-electron chi connectivity index (χ1n) is 7.32. The van der Waals surface area contributed by atoms with E-state index in [4.69, 9.17) is 5.11 Å². The Kier molecular flexibility index (Phi) is 5.82. The van der Waals surface area contributed by atoms with Crippen LogP contribution in [0.15, 0.2) is 36.5 Å². The van der Waals surface area contributed by atoms with Crippen LogP contribution in [0.25, 0.3) is 11.3 Å². The van der Waals surface area contributed by atoms with Gasteiger partial charge in [0.15, 0.2) is 0 Å². The Labute approximate surface area is 124 Å². The third kappa shape index (κ3) is 5.30. The molecule has 5 heteroatoms. The van der Waals surface area contributed by atoms with E-state index >= 15 is 0 Å². The number of unbranched alkanes of at least 4 members (excludes halogenated alkanes) is 3. The Morgan fingerprint density at radius 2 is 1.90 bits per heavy atom. The zero-order valence-corrected chi connectivity index (χ0v) is 12.0. The van der Waals surface area contributed by atoms with Gasteiger partial charge in [-0.2, -0.15) is 0 Å². The zero-order chi connectivity index (χ0) is 14.9. The Bertz CT molecular complexity index is 552. The largest absolute Gasteiger partial charge is 0.465 e. The standard InChI is InChI=1S/C16H21N3O2/c20-16(21)17-11-7-2-1-6-10-15-18-12-14(19-15)13-8-4-3-5-9-13/h3-5,8-9,12,17H,1-2,6-7,10-11H2,(H,18,19)(H,20,21). The van der Waals surface area contributed by atoms with E-state index in [1.807, 2.05) is 24.4 Å². The number of H-pyrrole nitrogens is 1. The van der Waals surface area contributed by atoms with Crippen molar-refractivity contribution in [3.8, 4) is 11.3 Å². The number of amides is 1. The monoisotopic (exact) mass is 287 g/mol. The van der Waals surface area contributed by atoms with Crippen molar-refractivity contribution in [2.75, 3.05) is 6.54 Å². The number of aromatic amines is 1. The molecule has 2 aromatic rings. The van der Waals surface area contributed by atoms with Crippen molar-refractivity contribution in [1.29, 1.82) is 0 Å². The summed E-state index contributed by atoms with van der Waals surface area (Å²) in [5.41, 5.74) is 2.11. The third-order valence-electron chi connectivity index (χ3n) is 3.32. The van der Waals surface area contributed by atoms with Gasteiger partial charge in [-0.15, -0.1) is 0 Å². The summed E-state index contributed by atoms with van der Waals surface area (Å²) < 4.78 is 0. The van der Waals surface area contributed by atoms with E-state index in [-0.39, 0.29) is 0 Å². The Hall–Kier alpha value is -2.30. The predicted octanol–water partition coefficient (Wildman–Crippen LogP) is 3.45. The topological polar surface area (TPSA) is 78.0 Å². The van der Waals surface area contributed by atoms with Gasteiger partial charge in [0.05, 0.1) is 5.69 Å². The molecule has 1 aromatic carbocycles. The molecule has 5 nitrogen and oxygen atoms in total. The molecule has 0 aliphatic rings. The van der Waals surface area contributed by atoms with Crippen LogP contribution in [0, 0.1) is 0 Å². The molecule has 21 heavy (non-hydrogen) atoms. The number of hydrogen-bond donors (Lipinski definition) is 3. The smallest absolute Gasteiger partial charge is 0.404 e. The summed E-state index contributed by atoms with van der Waals surface area (Å²) in [5.74, 6) is 1.01. The molecule has 0 radical (unpaired) electrons. The van der Waals surface area contributed by atoms with E-state index < -0.39 is 6.09 Å². The van der Waals surface area contributed by atoms with Crippen molar-refractivity contribution in [3.63, 3.8) is 0 Å². The van der Waals surface area contributed by atoms with E-state index in [0.29, 0.717) is 6.54 Å². The van der Waals surface area contributed by atoms with Crippen LogP contribution in [0.5, 0.6) is 0 Å². The van der Waals surface area contributed by atoms with Gasteiger partial charge in [0.2, 0.25) is 0 Å². The molecule has 0 spiro atoms. The Morgan fingerprint density at radius 3 is 2.67 bits per heavy atom.